The van der Waals surface area contributed by atoms with Crippen LogP contribution in [0.4, 0.5) is 5.69 Å². The minimum absolute atomic E-state index is 0.0619. The zero-order valence-corrected chi connectivity index (χ0v) is 13.6. The number of hydrogen-bond acceptors (Lipinski definition) is 4. The van der Waals surface area contributed by atoms with Crippen LogP contribution in [0.3, 0.4) is 0 Å². The van der Waals surface area contributed by atoms with E-state index in [1.54, 1.807) is 0 Å². The number of amides is 1. The predicted molar refractivity (Wildman–Crippen MR) is 83.7 cm³/mol. The van der Waals surface area contributed by atoms with Gasteiger partial charge in [-0.3, -0.25) is 0 Å². The van der Waals surface area contributed by atoms with Crippen LogP contribution < -0.4 is 15.4 Å². The van der Waals surface area contributed by atoms with Crippen molar-refractivity contribution in [3.05, 3.63) is 24.3 Å². The van der Waals surface area contributed by atoms with E-state index in [0.29, 0.717) is 13.0 Å². The van der Waals surface area contributed by atoms with Gasteiger partial charge in [0.15, 0.2) is 0 Å². The maximum atomic E-state index is 11.6. The first-order chi connectivity index (χ1) is 8.79. The molecule has 1 heterocycles. The van der Waals surface area contributed by atoms with Crippen LogP contribution in [-0.2, 0) is 4.79 Å². The van der Waals surface area contributed by atoms with E-state index in [-0.39, 0.29) is 5.91 Å². The summed E-state index contributed by atoms with van der Waals surface area (Å²) in [5, 5.41) is 2.95. The van der Waals surface area contributed by atoms with Crippen molar-refractivity contribution in [1.29, 1.82) is 0 Å². The van der Waals surface area contributed by atoms with Gasteiger partial charge in [0.25, 0.3) is 0 Å². The molecule has 0 aromatic heterocycles. The second-order valence-electron chi connectivity index (χ2n) is 3.91. The van der Waals surface area contributed by atoms with E-state index in [0.717, 1.165) is 12.1 Å². The summed E-state index contributed by atoms with van der Waals surface area (Å²) in [7, 11) is 4.23. The Balaban J connectivity index is 1.96. The standard InChI is InChI=1S/C12H17AsN2OS2/c14-6-2-5-12(16)15-11-4-1-3-10(9-11)13-17-7-8-18-13/h1,3-4,9H,2,5-8,14H2,(H,15,16). The Morgan fingerprint density at radius 3 is 2.89 bits per heavy atom. The molecule has 98 valence electrons. The van der Waals surface area contributed by atoms with Crippen LogP contribution in [-0.4, -0.2) is 36.3 Å². The normalized spacial score (nSPS) is 15.8. The van der Waals surface area contributed by atoms with E-state index in [2.05, 4.69) is 37.5 Å². The molecule has 1 aromatic rings. The van der Waals surface area contributed by atoms with E-state index in [1.807, 2.05) is 12.1 Å². The van der Waals surface area contributed by atoms with Crippen molar-refractivity contribution in [3.8, 4) is 0 Å². The molecule has 18 heavy (non-hydrogen) atoms. The molecule has 1 aliphatic rings. The molecule has 0 saturated carbocycles. The van der Waals surface area contributed by atoms with Gasteiger partial charge in [-0.05, 0) is 0 Å². The number of benzene rings is 1. The first-order valence-electron chi connectivity index (χ1n) is 5.95. The Kier molecular flexibility index (Phi) is 5.96. The second kappa shape index (κ2) is 7.49. The molecule has 1 fully saturated rings. The maximum absolute atomic E-state index is 11.6. The van der Waals surface area contributed by atoms with Crippen LogP contribution in [0.5, 0.6) is 0 Å². The molecule has 1 aromatic carbocycles. The van der Waals surface area contributed by atoms with Gasteiger partial charge < -0.3 is 0 Å². The molecule has 3 nitrogen and oxygen atoms in total. The monoisotopic (exact) mass is 344 g/mol. The van der Waals surface area contributed by atoms with E-state index in [9.17, 15) is 4.79 Å². The Bertz CT molecular complexity index is 411. The van der Waals surface area contributed by atoms with Crippen LogP contribution in [0.15, 0.2) is 24.3 Å². The Morgan fingerprint density at radius 1 is 1.39 bits per heavy atom. The van der Waals surface area contributed by atoms with Crippen molar-refractivity contribution in [2.24, 2.45) is 5.73 Å². The van der Waals surface area contributed by atoms with Gasteiger partial charge in [0.1, 0.15) is 0 Å². The first kappa shape index (κ1) is 14.3. The molecule has 1 aliphatic heterocycles. The van der Waals surface area contributed by atoms with Crippen molar-refractivity contribution < 1.29 is 4.79 Å². The van der Waals surface area contributed by atoms with Crippen LogP contribution in [0, 0.1) is 0 Å². The van der Waals surface area contributed by atoms with Gasteiger partial charge >= 0.3 is 119 Å². The quantitative estimate of drug-likeness (QED) is 0.796. The SMILES string of the molecule is NCCCC(=O)Nc1cccc([As]2SCCS2)c1. The average molecular weight is 344 g/mol. The van der Waals surface area contributed by atoms with Crippen LogP contribution in [0.2, 0.25) is 0 Å². The van der Waals surface area contributed by atoms with E-state index >= 15 is 0 Å². The number of rotatable bonds is 5. The molecular weight excluding hydrogens is 327 g/mol. The summed E-state index contributed by atoms with van der Waals surface area (Å²) < 4.78 is 1.44. The second-order valence-corrected chi connectivity index (χ2v) is 15.7. The Morgan fingerprint density at radius 2 is 2.17 bits per heavy atom. The number of nitrogens with one attached hydrogen (secondary N) is 1. The fourth-order valence-corrected chi connectivity index (χ4v) is 15.8. The van der Waals surface area contributed by atoms with Crippen LogP contribution in [0.1, 0.15) is 12.8 Å². The number of carbonyl (C=O) groups is 1. The average Bonchev–Trinajstić information content (AvgIpc) is 2.90. The third kappa shape index (κ3) is 4.23. The molecule has 1 amide bonds. The molecule has 0 bridgehead atoms. The van der Waals surface area contributed by atoms with Crippen LogP contribution in [0.25, 0.3) is 0 Å². The molecule has 0 radical (unpaired) electrons. The van der Waals surface area contributed by atoms with Gasteiger partial charge in [-0.1, -0.05) is 0 Å². The summed E-state index contributed by atoms with van der Waals surface area (Å²) >= 11 is -0.942. The molecule has 3 N–H and O–H groups in total. The fourth-order valence-electron chi connectivity index (χ4n) is 1.61. The third-order valence-electron chi connectivity index (χ3n) is 2.45. The van der Waals surface area contributed by atoms with Crippen molar-refractivity contribution >= 4 is 48.3 Å². The van der Waals surface area contributed by atoms with E-state index in [1.165, 1.54) is 15.9 Å². The number of anilines is 1. The number of carbonyl (C=O) groups excluding carboxylic acids is 1. The summed E-state index contributed by atoms with van der Waals surface area (Å²) in [6, 6.07) is 8.35. The predicted octanol–water partition coefficient (Wildman–Crippen LogP) is 1.54. The Labute approximate surface area is 119 Å². The van der Waals surface area contributed by atoms with Crippen LogP contribution >= 0.6 is 20.0 Å². The van der Waals surface area contributed by atoms with Crippen molar-refractivity contribution in [2.75, 3.05) is 23.4 Å². The fraction of sp³-hybridized carbons (Fsp3) is 0.417. The Hall–Kier alpha value is -0.0916. The van der Waals surface area contributed by atoms with Crippen molar-refractivity contribution in [2.45, 2.75) is 12.8 Å². The van der Waals surface area contributed by atoms with E-state index in [4.69, 9.17) is 5.73 Å². The first-order valence-corrected chi connectivity index (χ1v) is 13.4. The molecule has 2 rings (SSSR count). The van der Waals surface area contributed by atoms with Gasteiger partial charge in [0.05, 0.1) is 0 Å². The summed E-state index contributed by atoms with van der Waals surface area (Å²) in [5.41, 5.74) is 6.33. The zero-order chi connectivity index (χ0) is 12.8. The van der Waals surface area contributed by atoms with Crippen molar-refractivity contribution in [3.63, 3.8) is 0 Å². The van der Waals surface area contributed by atoms with Gasteiger partial charge in [-0.25, -0.2) is 0 Å². The molecule has 0 atom stereocenters. The summed E-state index contributed by atoms with van der Waals surface area (Å²) in [4.78, 5) is 11.6. The number of hydrogen-bond donors (Lipinski definition) is 2. The molecule has 0 unspecified atom stereocenters. The molecule has 1 saturated heterocycles. The molecule has 0 spiro atoms. The molecule has 6 heteroatoms. The minimum atomic E-state index is -0.942. The summed E-state index contributed by atoms with van der Waals surface area (Å²) in [6.45, 7) is 0.566. The molecular formula is C12H17AsN2OS2. The topological polar surface area (TPSA) is 55.1 Å². The van der Waals surface area contributed by atoms with Gasteiger partial charge in [0, 0.05) is 0 Å². The zero-order valence-electron chi connectivity index (χ0n) is 10.1. The van der Waals surface area contributed by atoms with Gasteiger partial charge in [0.2, 0.25) is 0 Å². The van der Waals surface area contributed by atoms with E-state index < -0.39 is 12.3 Å². The number of nitrogens with two attached hydrogens (primary N) is 1. The van der Waals surface area contributed by atoms with Crippen molar-refractivity contribution in [1.82, 2.24) is 0 Å². The van der Waals surface area contributed by atoms with Gasteiger partial charge in [-0.15, -0.1) is 0 Å². The van der Waals surface area contributed by atoms with Gasteiger partial charge in [-0.2, -0.15) is 0 Å². The molecule has 0 aliphatic carbocycles. The summed E-state index contributed by atoms with van der Waals surface area (Å²) in [5.74, 6) is 2.61. The summed E-state index contributed by atoms with van der Waals surface area (Å²) in [6.07, 6.45) is 1.25. The third-order valence-corrected chi connectivity index (χ3v) is 16.1.